The summed E-state index contributed by atoms with van der Waals surface area (Å²) in [6.07, 6.45) is 0. The van der Waals surface area contributed by atoms with Gasteiger partial charge in [0.2, 0.25) is 0 Å². The van der Waals surface area contributed by atoms with Crippen molar-refractivity contribution in [3.63, 3.8) is 0 Å². The topological polar surface area (TPSA) is 57.2 Å². The Labute approximate surface area is 87.5 Å². The molecule has 0 saturated heterocycles. The largest absolute Gasteiger partial charge is 1.00 e. The molecular weight excluding hydrogens is 191 g/mol. The van der Waals surface area contributed by atoms with Gasteiger partial charge in [0.05, 0.1) is 0 Å². The van der Waals surface area contributed by atoms with E-state index in [9.17, 15) is 13.0 Å². The normalized spacial score (nSPS) is 14.1. The SMILES string of the molecule is O=S(=O)([O-])C(S)CS.[Na+]. The van der Waals surface area contributed by atoms with E-state index in [2.05, 4.69) is 25.3 Å². The molecule has 0 bridgehead atoms. The summed E-state index contributed by atoms with van der Waals surface area (Å²) in [6.45, 7) is 0. The Balaban J connectivity index is 0. The van der Waals surface area contributed by atoms with Gasteiger partial charge >= 0.3 is 29.6 Å². The van der Waals surface area contributed by atoms with Crippen LogP contribution < -0.4 is 29.6 Å². The van der Waals surface area contributed by atoms with Crippen molar-refractivity contribution in [3.05, 3.63) is 0 Å². The van der Waals surface area contributed by atoms with Gasteiger partial charge in [0.25, 0.3) is 0 Å². The second-order valence-electron chi connectivity index (χ2n) is 1.13. The van der Waals surface area contributed by atoms with Crippen LogP contribution in [0.15, 0.2) is 0 Å². The summed E-state index contributed by atoms with van der Waals surface area (Å²) in [6, 6.07) is 0. The summed E-state index contributed by atoms with van der Waals surface area (Å²) < 4.78 is 28.5. The quantitative estimate of drug-likeness (QED) is 0.277. The fraction of sp³-hybridized carbons (Fsp3) is 1.00. The van der Waals surface area contributed by atoms with Crippen LogP contribution in [0.1, 0.15) is 0 Å². The van der Waals surface area contributed by atoms with E-state index in [1.807, 2.05) is 0 Å². The molecule has 0 aromatic rings. The van der Waals surface area contributed by atoms with E-state index in [0.717, 1.165) is 0 Å². The van der Waals surface area contributed by atoms with E-state index in [1.54, 1.807) is 0 Å². The van der Waals surface area contributed by atoms with Crippen LogP contribution in [0.4, 0.5) is 0 Å². The van der Waals surface area contributed by atoms with Crippen LogP contribution in [0.25, 0.3) is 0 Å². The molecule has 0 aliphatic heterocycles. The minimum atomic E-state index is -4.22. The fourth-order valence-corrected chi connectivity index (χ4v) is 0.822. The predicted octanol–water partition coefficient (Wildman–Crippen LogP) is -3.28. The maximum atomic E-state index is 9.88. The molecule has 0 aromatic heterocycles. The van der Waals surface area contributed by atoms with Crippen molar-refractivity contribution in [1.29, 1.82) is 0 Å². The molecule has 0 aliphatic carbocycles. The van der Waals surface area contributed by atoms with Crippen molar-refractivity contribution in [3.8, 4) is 0 Å². The molecule has 0 rings (SSSR count). The van der Waals surface area contributed by atoms with Gasteiger partial charge in [0, 0.05) is 5.75 Å². The molecule has 0 aromatic carbocycles. The first-order valence-electron chi connectivity index (χ1n) is 1.72. The maximum Gasteiger partial charge on any atom is 1.00 e. The molecule has 0 N–H and O–H groups in total. The molecule has 0 radical (unpaired) electrons. The van der Waals surface area contributed by atoms with E-state index in [-0.39, 0.29) is 35.3 Å². The molecule has 0 aliphatic rings. The molecule has 0 fully saturated rings. The van der Waals surface area contributed by atoms with Gasteiger partial charge < -0.3 is 4.55 Å². The van der Waals surface area contributed by atoms with Crippen molar-refractivity contribution in [1.82, 2.24) is 0 Å². The number of hydrogen-bond acceptors (Lipinski definition) is 5. The minimum absolute atomic E-state index is 0. The average molecular weight is 196 g/mol. The number of hydrogen-bond donors (Lipinski definition) is 2. The number of rotatable bonds is 2. The summed E-state index contributed by atoms with van der Waals surface area (Å²) in [5.74, 6) is -0.0467. The molecule has 3 nitrogen and oxygen atoms in total. The van der Waals surface area contributed by atoms with Crippen LogP contribution in [-0.2, 0) is 10.1 Å². The fourth-order valence-electron chi connectivity index (χ4n) is 0.0913. The second kappa shape index (κ2) is 5.29. The van der Waals surface area contributed by atoms with Crippen molar-refractivity contribution < 1.29 is 42.5 Å². The first kappa shape index (κ1) is 13.2. The van der Waals surface area contributed by atoms with E-state index in [1.165, 1.54) is 0 Å². The smallest absolute Gasteiger partial charge is 0.747 e. The maximum absolute atomic E-state index is 9.88. The second-order valence-corrected chi connectivity index (χ2v) is 4.02. The van der Waals surface area contributed by atoms with E-state index >= 15 is 0 Å². The molecule has 50 valence electrons. The van der Waals surface area contributed by atoms with Crippen LogP contribution in [0, 0.1) is 0 Å². The van der Waals surface area contributed by atoms with Crippen molar-refractivity contribution in [2.75, 3.05) is 5.75 Å². The Bertz CT molecular complexity index is 152. The van der Waals surface area contributed by atoms with E-state index in [0.29, 0.717) is 0 Å². The monoisotopic (exact) mass is 196 g/mol. The van der Waals surface area contributed by atoms with Gasteiger partial charge in [-0.3, -0.25) is 0 Å². The van der Waals surface area contributed by atoms with Crippen LogP contribution in [0.3, 0.4) is 0 Å². The van der Waals surface area contributed by atoms with Crippen LogP contribution in [0.2, 0.25) is 0 Å². The van der Waals surface area contributed by atoms with E-state index < -0.39 is 14.7 Å². The van der Waals surface area contributed by atoms with Gasteiger partial charge in [-0.1, -0.05) is 0 Å². The standard InChI is InChI=1S/C2H6O3S3.Na/c3-8(4,5)2(7)1-6;/h2,6-7H,1H2,(H,3,4,5);/q;+1/p-1. The molecule has 7 heteroatoms. The Morgan fingerprint density at radius 3 is 1.89 bits per heavy atom. The Morgan fingerprint density at radius 2 is 1.89 bits per heavy atom. The summed E-state index contributed by atoms with van der Waals surface area (Å²) in [7, 11) is -4.22. The average Bonchev–Trinajstić information content (AvgIpc) is 1.62. The molecule has 1 unspecified atom stereocenters. The van der Waals surface area contributed by atoms with Gasteiger partial charge in [0.15, 0.2) is 0 Å². The van der Waals surface area contributed by atoms with E-state index in [4.69, 9.17) is 0 Å². The van der Waals surface area contributed by atoms with Crippen molar-refractivity contribution in [2.45, 2.75) is 4.58 Å². The Kier molecular flexibility index (Phi) is 7.76. The predicted molar refractivity (Wildman–Crippen MR) is 36.3 cm³/mol. The van der Waals surface area contributed by atoms with Gasteiger partial charge in [-0.15, -0.1) is 0 Å². The Hall–Kier alpha value is 1.61. The Morgan fingerprint density at radius 1 is 1.56 bits per heavy atom. The summed E-state index contributed by atoms with van der Waals surface area (Å²) >= 11 is 6.99. The molecule has 0 amide bonds. The van der Waals surface area contributed by atoms with Gasteiger partial charge in [-0.2, -0.15) is 25.3 Å². The van der Waals surface area contributed by atoms with Gasteiger partial charge in [-0.25, -0.2) is 8.42 Å². The third-order valence-electron chi connectivity index (χ3n) is 0.489. The molecule has 0 saturated carbocycles. The molecule has 1 atom stereocenters. The molecule has 9 heavy (non-hydrogen) atoms. The van der Waals surface area contributed by atoms with Crippen molar-refractivity contribution in [2.24, 2.45) is 0 Å². The third kappa shape index (κ3) is 6.03. The van der Waals surface area contributed by atoms with Gasteiger partial charge in [0.1, 0.15) is 14.7 Å². The number of thiol groups is 2. The van der Waals surface area contributed by atoms with Gasteiger partial charge in [-0.05, 0) is 0 Å². The van der Waals surface area contributed by atoms with Crippen LogP contribution >= 0.6 is 25.3 Å². The zero-order valence-corrected chi connectivity index (χ0v) is 9.42. The summed E-state index contributed by atoms with van der Waals surface area (Å²) in [5.41, 5.74) is 0. The minimum Gasteiger partial charge on any atom is -0.747 e. The zero-order valence-electron chi connectivity index (χ0n) is 4.81. The first-order chi connectivity index (χ1) is 3.48. The van der Waals surface area contributed by atoms with Crippen LogP contribution in [-0.4, -0.2) is 23.3 Å². The molecule has 0 heterocycles. The first-order valence-corrected chi connectivity index (χ1v) is 4.34. The molecule has 0 spiro atoms. The molecular formula is C2H5NaO3S3. The third-order valence-corrected chi connectivity index (χ3v) is 3.18. The zero-order chi connectivity index (χ0) is 6.78. The van der Waals surface area contributed by atoms with Crippen LogP contribution in [0.5, 0.6) is 0 Å². The summed E-state index contributed by atoms with van der Waals surface area (Å²) in [4.78, 5) is 0. The summed E-state index contributed by atoms with van der Waals surface area (Å²) in [5, 5.41) is 0. The van der Waals surface area contributed by atoms with Crippen molar-refractivity contribution >= 4 is 35.4 Å².